The molecule has 1 rings (SSSR count). The SMILES string of the molecule is COc1cc(SCC(=O)O)c(C(=O)O)cc1OC. The summed E-state index contributed by atoms with van der Waals surface area (Å²) in [5.41, 5.74) is -0.0149. The number of hydrogen-bond donors (Lipinski definition) is 2. The lowest BCUT2D eigenvalue weighted by atomic mass is 10.2. The normalized spacial score (nSPS) is 9.89. The van der Waals surface area contributed by atoms with Gasteiger partial charge in [0.05, 0.1) is 25.5 Å². The molecular formula is C11H12O6S. The van der Waals surface area contributed by atoms with Gasteiger partial charge in [0.2, 0.25) is 0 Å². The summed E-state index contributed by atoms with van der Waals surface area (Å²) in [6.07, 6.45) is 0. The van der Waals surface area contributed by atoms with Crippen molar-refractivity contribution in [3.8, 4) is 11.5 Å². The molecule has 0 heterocycles. The van der Waals surface area contributed by atoms with Gasteiger partial charge in [-0.1, -0.05) is 0 Å². The van der Waals surface area contributed by atoms with Crippen molar-refractivity contribution in [1.29, 1.82) is 0 Å². The summed E-state index contributed by atoms with van der Waals surface area (Å²) < 4.78 is 10.0. The van der Waals surface area contributed by atoms with Crippen LogP contribution in [0.25, 0.3) is 0 Å². The summed E-state index contributed by atoms with van der Waals surface area (Å²) in [6, 6.07) is 2.77. The van der Waals surface area contributed by atoms with Crippen LogP contribution in [0.15, 0.2) is 17.0 Å². The fourth-order valence-corrected chi connectivity index (χ4v) is 2.06. The fourth-order valence-electron chi connectivity index (χ4n) is 1.29. The molecule has 0 atom stereocenters. The van der Waals surface area contributed by atoms with Crippen molar-refractivity contribution in [1.82, 2.24) is 0 Å². The number of ether oxygens (including phenoxy) is 2. The quantitative estimate of drug-likeness (QED) is 0.759. The fraction of sp³-hybridized carbons (Fsp3) is 0.273. The van der Waals surface area contributed by atoms with Crippen LogP contribution in [-0.2, 0) is 4.79 Å². The smallest absolute Gasteiger partial charge is 0.336 e. The standard InChI is InChI=1S/C11H12O6S/c1-16-7-3-6(11(14)15)9(4-8(7)17-2)18-5-10(12)13/h3-4H,5H2,1-2H3,(H,12,13)(H,14,15). The van der Waals surface area contributed by atoms with E-state index in [0.29, 0.717) is 10.6 Å². The van der Waals surface area contributed by atoms with Gasteiger partial charge in [-0.3, -0.25) is 4.79 Å². The highest BCUT2D eigenvalue weighted by Gasteiger charge is 2.17. The molecule has 0 aliphatic rings. The number of benzene rings is 1. The first-order valence-electron chi connectivity index (χ1n) is 4.83. The van der Waals surface area contributed by atoms with Crippen molar-refractivity contribution in [3.63, 3.8) is 0 Å². The molecule has 0 saturated heterocycles. The van der Waals surface area contributed by atoms with Crippen molar-refractivity contribution >= 4 is 23.7 Å². The second-order valence-corrected chi connectivity index (χ2v) is 4.21. The monoisotopic (exact) mass is 272 g/mol. The number of carboxylic acids is 2. The highest BCUT2D eigenvalue weighted by molar-refractivity contribution is 8.00. The highest BCUT2D eigenvalue weighted by Crippen LogP contribution is 2.35. The third-order valence-corrected chi connectivity index (χ3v) is 3.11. The van der Waals surface area contributed by atoms with Crippen LogP contribution in [-0.4, -0.2) is 42.1 Å². The minimum absolute atomic E-state index is 0.0149. The minimum Gasteiger partial charge on any atom is -0.493 e. The molecule has 7 heteroatoms. The minimum atomic E-state index is -1.15. The van der Waals surface area contributed by atoms with Crippen molar-refractivity contribution in [2.75, 3.05) is 20.0 Å². The number of aromatic carboxylic acids is 1. The van der Waals surface area contributed by atoms with Crippen molar-refractivity contribution < 1.29 is 29.3 Å². The van der Waals surface area contributed by atoms with Gasteiger partial charge in [0.25, 0.3) is 0 Å². The number of carbonyl (C=O) groups is 2. The van der Waals surface area contributed by atoms with Crippen LogP contribution in [0.1, 0.15) is 10.4 Å². The summed E-state index contributed by atoms with van der Waals surface area (Å²) >= 11 is 0.916. The molecule has 98 valence electrons. The van der Waals surface area contributed by atoms with Crippen LogP contribution < -0.4 is 9.47 Å². The zero-order valence-corrected chi connectivity index (χ0v) is 10.6. The average Bonchev–Trinajstić information content (AvgIpc) is 2.34. The second kappa shape index (κ2) is 6.15. The summed E-state index contributed by atoms with van der Waals surface area (Å²) in [7, 11) is 2.82. The molecule has 0 amide bonds. The maximum atomic E-state index is 11.1. The highest BCUT2D eigenvalue weighted by atomic mass is 32.2. The summed E-state index contributed by atoms with van der Waals surface area (Å²) in [5, 5.41) is 17.7. The van der Waals surface area contributed by atoms with Crippen LogP contribution in [0.3, 0.4) is 0 Å². The largest absolute Gasteiger partial charge is 0.493 e. The number of thioether (sulfide) groups is 1. The van der Waals surface area contributed by atoms with E-state index < -0.39 is 11.9 Å². The van der Waals surface area contributed by atoms with Crippen molar-refractivity contribution in [3.05, 3.63) is 17.7 Å². The van der Waals surface area contributed by atoms with Gasteiger partial charge < -0.3 is 19.7 Å². The Morgan fingerprint density at radius 2 is 1.72 bits per heavy atom. The Hall–Kier alpha value is -1.89. The first kappa shape index (κ1) is 14.2. The van der Waals surface area contributed by atoms with E-state index in [9.17, 15) is 9.59 Å². The molecule has 0 bridgehead atoms. The van der Waals surface area contributed by atoms with E-state index in [4.69, 9.17) is 19.7 Å². The lowest BCUT2D eigenvalue weighted by molar-refractivity contribution is -0.133. The second-order valence-electron chi connectivity index (χ2n) is 3.19. The zero-order chi connectivity index (χ0) is 13.7. The van der Waals surface area contributed by atoms with E-state index in [-0.39, 0.29) is 17.1 Å². The average molecular weight is 272 g/mol. The Morgan fingerprint density at radius 1 is 1.17 bits per heavy atom. The first-order chi connectivity index (χ1) is 8.49. The predicted octanol–water partition coefficient (Wildman–Crippen LogP) is 1.58. The van der Waals surface area contributed by atoms with E-state index in [1.807, 2.05) is 0 Å². The molecule has 0 fully saturated rings. The van der Waals surface area contributed by atoms with Crippen molar-refractivity contribution in [2.45, 2.75) is 4.90 Å². The van der Waals surface area contributed by atoms with Gasteiger partial charge in [-0.2, -0.15) is 0 Å². The maximum Gasteiger partial charge on any atom is 0.336 e. The molecule has 0 radical (unpaired) electrons. The Labute approximate surface area is 108 Å². The predicted molar refractivity (Wildman–Crippen MR) is 64.9 cm³/mol. The van der Waals surface area contributed by atoms with Gasteiger partial charge in [0.15, 0.2) is 11.5 Å². The number of methoxy groups -OCH3 is 2. The number of carboxylic acid groups (broad SMARTS) is 2. The summed E-state index contributed by atoms with van der Waals surface area (Å²) in [6.45, 7) is 0. The van der Waals surface area contributed by atoms with E-state index in [1.54, 1.807) is 0 Å². The van der Waals surface area contributed by atoms with Gasteiger partial charge in [-0.05, 0) is 12.1 Å². The van der Waals surface area contributed by atoms with E-state index in [2.05, 4.69) is 0 Å². The molecule has 0 aliphatic carbocycles. The maximum absolute atomic E-state index is 11.1. The van der Waals surface area contributed by atoms with Gasteiger partial charge in [-0.25, -0.2) is 4.79 Å². The Bertz CT molecular complexity index is 471. The molecule has 6 nitrogen and oxygen atoms in total. The summed E-state index contributed by atoms with van der Waals surface area (Å²) in [4.78, 5) is 21.9. The van der Waals surface area contributed by atoms with E-state index in [0.717, 1.165) is 11.8 Å². The molecule has 18 heavy (non-hydrogen) atoms. The Kier molecular flexibility index (Phi) is 4.85. The van der Waals surface area contributed by atoms with Crippen LogP contribution in [0.4, 0.5) is 0 Å². The first-order valence-corrected chi connectivity index (χ1v) is 5.82. The molecule has 0 spiro atoms. The molecule has 0 unspecified atom stereocenters. The number of rotatable bonds is 6. The van der Waals surface area contributed by atoms with Crippen molar-refractivity contribution in [2.24, 2.45) is 0 Å². The van der Waals surface area contributed by atoms with Gasteiger partial charge in [-0.15, -0.1) is 11.8 Å². The third-order valence-electron chi connectivity index (χ3n) is 2.07. The molecule has 2 N–H and O–H groups in total. The molecular weight excluding hydrogens is 260 g/mol. The van der Waals surface area contributed by atoms with Crippen LogP contribution in [0.5, 0.6) is 11.5 Å². The number of aliphatic carboxylic acids is 1. The lowest BCUT2D eigenvalue weighted by Crippen LogP contribution is -2.04. The van der Waals surface area contributed by atoms with Gasteiger partial charge in [0, 0.05) is 4.90 Å². The van der Waals surface area contributed by atoms with Gasteiger partial charge in [0.1, 0.15) is 0 Å². The number of hydrogen-bond acceptors (Lipinski definition) is 5. The molecule has 1 aromatic rings. The zero-order valence-electron chi connectivity index (χ0n) is 9.80. The molecule has 0 aliphatic heterocycles. The summed E-state index contributed by atoms with van der Waals surface area (Å²) in [5.74, 6) is -1.75. The Morgan fingerprint density at radius 3 is 2.17 bits per heavy atom. The third kappa shape index (κ3) is 3.30. The topological polar surface area (TPSA) is 93.1 Å². The van der Waals surface area contributed by atoms with Crippen LogP contribution in [0.2, 0.25) is 0 Å². The molecule has 0 saturated carbocycles. The van der Waals surface area contributed by atoms with Gasteiger partial charge >= 0.3 is 11.9 Å². The molecule has 0 aromatic heterocycles. The van der Waals surface area contributed by atoms with E-state index >= 15 is 0 Å². The Balaban J connectivity index is 3.20. The molecule has 1 aromatic carbocycles. The lowest BCUT2D eigenvalue weighted by Gasteiger charge is -2.11. The van der Waals surface area contributed by atoms with E-state index in [1.165, 1.54) is 26.4 Å². The van der Waals surface area contributed by atoms with Crippen LogP contribution >= 0.6 is 11.8 Å². The van der Waals surface area contributed by atoms with Crippen LogP contribution in [0, 0.1) is 0 Å².